The summed E-state index contributed by atoms with van der Waals surface area (Å²) in [6.45, 7) is -0.0178. The number of carbonyl (C=O) groups excluding carboxylic acids is 1. The molecule has 0 unspecified atom stereocenters. The third kappa shape index (κ3) is 4.57. The highest BCUT2D eigenvalue weighted by molar-refractivity contribution is 5.87. The van der Waals surface area contributed by atoms with Crippen molar-refractivity contribution in [3.63, 3.8) is 0 Å². The van der Waals surface area contributed by atoms with Gasteiger partial charge in [-0.1, -0.05) is 24.3 Å². The molecule has 0 fully saturated rings. The maximum absolute atomic E-state index is 13.5. The molecular weight excluding hydrogens is 299 g/mol. The third-order valence-corrected chi connectivity index (χ3v) is 3.14. The predicted octanol–water partition coefficient (Wildman–Crippen LogP) is 3.60. The molecule has 23 heavy (non-hydrogen) atoms. The number of esters is 1. The highest BCUT2D eigenvalue weighted by Gasteiger charge is 2.05. The van der Waals surface area contributed by atoms with Gasteiger partial charge >= 0.3 is 5.97 Å². The molecule has 0 amide bonds. The van der Waals surface area contributed by atoms with Crippen molar-refractivity contribution in [1.29, 1.82) is 0 Å². The van der Waals surface area contributed by atoms with E-state index >= 15 is 0 Å². The fourth-order valence-corrected chi connectivity index (χ4v) is 1.96. The molecule has 0 saturated carbocycles. The zero-order valence-corrected chi connectivity index (χ0v) is 12.9. The molecule has 0 aliphatic heterocycles. The summed E-state index contributed by atoms with van der Waals surface area (Å²) in [4.78, 5) is 11.7. The normalized spacial score (nSPS) is 10.6. The zero-order valence-electron chi connectivity index (χ0n) is 12.9. The second-order valence-corrected chi connectivity index (χ2v) is 4.65. The van der Waals surface area contributed by atoms with Crippen molar-refractivity contribution >= 4 is 12.0 Å². The maximum Gasteiger partial charge on any atom is 0.331 e. The van der Waals surface area contributed by atoms with E-state index < -0.39 is 11.8 Å². The van der Waals surface area contributed by atoms with Crippen molar-refractivity contribution in [2.24, 2.45) is 0 Å². The van der Waals surface area contributed by atoms with E-state index in [4.69, 9.17) is 14.2 Å². The number of para-hydroxylation sites is 1. The highest BCUT2D eigenvalue weighted by Crippen LogP contribution is 2.19. The number of methoxy groups -OCH3 is 2. The Bertz CT molecular complexity index is 710. The Morgan fingerprint density at radius 1 is 1.09 bits per heavy atom. The minimum atomic E-state index is -0.521. The summed E-state index contributed by atoms with van der Waals surface area (Å²) >= 11 is 0. The van der Waals surface area contributed by atoms with Gasteiger partial charge in [-0.3, -0.25) is 0 Å². The Morgan fingerprint density at radius 2 is 1.83 bits per heavy atom. The summed E-state index contributed by atoms with van der Waals surface area (Å²) in [7, 11) is 2.95. The van der Waals surface area contributed by atoms with E-state index in [2.05, 4.69) is 0 Å². The van der Waals surface area contributed by atoms with Gasteiger partial charge in [-0.25, -0.2) is 9.18 Å². The van der Waals surface area contributed by atoms with E-state index in [0.717, 1.165) is 5.56 Å². The fraction of sp³-hybridized carbons (Fsp3) is 0.167. The smallest absolute Gasteiger partial charge is 0.331 e. The van der Waals surface area contributed by atoms with Gasteiger partial charge in [-0.2, -0.15) is 0 Å². The van der Waals surface area contributed by atoms with Crippen LogP contribution in [0.4, 0.5) is 4.39 Å². The van der Waals surface area contributed by atoms with Crippen LogP contribution in [0.1, 0.15) is 11.1 Å². The van der Waals surface area contributed by atoms with Crippen LogP contribution < -0.4 is 9.47 Å². The zero-order chi connectivity index (χ0) is 16.7. The number of carbonyl (C=O) groups is 1. The van der Waals surface area contributed by atoms with E-state index in [0.29, 0.717) is 11.3 Å². The largest absolute Gasteiger partial charge is 0.496 e. The van der Waals surface area contributed by atoms with Crippen LogP contribution >= 0.6 is 0 Å². The van der Waals surface area contributed by atoms with Crippen LogP contribution in [-0.4, -0.2) is 20.2 Å². The van der Waals surface area contributed by atoms with Crippen molar-refractivity contribution in [3.8, 4) is 11.5 Å². The molecule has 0 radical (unpaired) electrons. The highest BCUT2D eigenvalue weighted by atomic mass is 19.1. The van der Waals surface area contributed by atoms with E-state index in [1.165, 1.54) is 25.3 Å². The SMILES string of the molecule is COc1ccc(COC(=O)/C=C/c2ccccc2OC)cc1F. The van der Waals surface area contributed by atoms with Gasteiger partial charge in [0.2, 0.25) is 0 Å². The summed E-state index contributed by atoms with van der Waals surface area (Å²) in [5.41, 5.74) is 1.31. The summed E-state index contributed by atoms with van der Waals surface area (Å²) in [6.07, 6.45) is 2.91. The quantitative estimate of drug-likeness (QED) is 0.603. The van der Waals surface area contributed by atoms with Crippen LogP contribution in [0.2, 0.25) is 0 Å². The first kappa shape index (κ1) is 16.5. The lowest BCUT2D eigenvalue weighted by atomic mass is 10.2. The molecule has 0 aliphatic rings. The van der Waals surface area contributed by atoms with Crippen LogP contribution in [-0.2, 0) is 16.1 Å². The molecule has 0 aliphatic carbocycles. The number of hydrogen-bond acceptors (Lipinski definition) is 4. The second-order valence-electron chi connectivity index (χ2n) is 4.65. The maximum atomic E-state index is 13.5. The monoisotopic (exact) mass is 316 g/mol. The Kier molecular flexibility index (Phi) is 5.74. The number of hydrogen-bond donors (Lipinski definition) is 0. The summed E-state index contributed by atoms with van der Waals surface area (Å²) in [5.74, 6) is -0.206. The molecule has 120 valence electrons. The molecule has 0 N–H and O–H groups in total. The van der Waals surface area contributed by atoms with Gasteiger partial charge in [-0.05, 0) is 29.8 Å². The summed E-state index contributed by atoms with van der Waals surface area (Å²) in [6, 6.07) is 11.7. The number of benzene rings is 2. The first-order valence-electron chi connectivity index (χ1n) is 6.94. The van der Waals surface area contributed by atoms with Gasteiger partial charge in [0, 0.05) is 11.6 Å². The molecule has 5 heteroatoms. The third-order valence-electron chi connectivity index (χ3n) is 3.14. The van der Waals surface area contributed by atoms with Crippen molar-refractivity contribution < 1.29 is 23.4 Å². The molecule has 2 rings (SSSR count). The van der Waals surface area contributed by atoms with Crippen LogP contribution in [0.25, 0.3) is 6.08 Å². The first-order chi connectivity index (χ1) is 11.1. The van der Waals surface area contributed by atoms with E-state index in [9.17, 15) is 9.18 Å². The number of ether oxygens (including phenoxy) is 3. The topological polar surface area (TPSA) is 44.8 Å². The average Bonchev–Trinajstić information content (AvgIpc) is 2.58. The minimum absolute atomic E-state index is 0.0178. The molecule has 0 atom stereocenters. The molecular formula is C18H17FO4. The van der Waals surface area contributed by atoms with Gasteiger partial charge in [0.05, 0.1) is 14.2 Å². The molecule has 0 heterocycles. The number of halogens is 1. The van der Waals surface area contributed by atoms with Crippen molar-refractivity contribution in [2.45, 2.75) is 6.61 Å². The van der Waals surface area contributed by atoms with E-state index in [1.54, 1.807) is 25.3 Å². The Morgan fingerprint density at radius 3 is 2.52 bits per heavy atom. The summed E-state index contributed by atoms with van der Waals surface area (Å²) < 4.78 is 28.6. The molecule has 0 aromatic heterocycles. The van der Waals surface area contributed by atoms with Gasteiger partial charge in [-0.15, -0.1) is 0 Å². The van der Waals surface area contributed by atoms with Crippen LogP contribution in [0.3, 0.4) is 0 Å². The van der Waals surface area contributed by atoms with Crippen molar-refractivity contribution in [3.05, 3.63) is 65.5 Å². The van der Waals surface area contributed by atoms with Gasteiger partial charge in [0.15, 0.2) is 11.6 Å². The Hall–Kier alpha value is -2.82. The molecule has 2 aromatic carbocycles. The molecule has 0 spiro atoms. The average molecular weight is 316 g/mol. The first-order valence-corrected chi connectivity index (χ1v) is 6.94. The summed E-state index contributed by atoms with van der Waals surface area (Å²) in [5, 5.41) is 0. The second kappa shape index (κ2) is 7.98. The van der Waals surface area contributed by atoms with Crippen LogP contribution in [0.5, 0.6) is 11.5 Å². The van der Waals surface area contributed by atoms with Gasteiger partial charge < -0.3 is 14.2 Å². The van der Waals surface area contributed by atoms with E-state index in [-0.39, 0.29) is 12.4 Å². The molecule has 4 nitrogen and oxygen atoms in total. The lowest BCUT2D eigenvalue weighted by molar-refractivity contribution is -0.138. The lowest BCUT2D eigenvalue weighted by Gasteiger charge is -2.06. The lowest BCUT2D eigenvalue weighted by Crippen LogP contribution is -2.01. The predicted molar refractivity (Wildman–Crippen MR) is 84.8 cm³/mol. The standard InChI is InChI=1S/C18H17FO4/c1-21-16-6-4-3-5-14(16)8-10-18(20)23-12-13-7-9-17(22-2)15(19)11-13/h3-11H,12H2,1-2H3/b10-8+. The van der Waals surface area contributed by atoms with E-state index in [1.807, 2.05) is 18.2 Å². The minimum Gasteiger partial charge on any atom is -0.496 e. The van der Waals surface area contributed by atoms with Crippen molar-refractivity contribution in [2.75, 3.05) is 14.2 Å². The molecule has 2 aromatic rings. The fourth-order valence-electron chi connectivity index (χ4n) is 1.96. The van der Waals surface area contributed by atoms with Crippen LogP contribution in [0, 0.1) is 5.82 Å². The van der Waals surface area contributed by atoms with Crippen LogP contribution in [0.15, 0.2) is 48.5 Å². The van der Waals surface area contributed by atoms with Crippen molar-refractivity contribution in [1.82, 2.24) is 0 Å². The van der Waals surface area contributed by atoms with Gasteiger partial charge in [0.25, 0.3) is 0 Å². The Balaban J connectivity index is 1.95. The van der Waals surface area contributed by atoms with Gasteiger partial charge in [0.1, 0.15) is 12.4 Å². The number of rotatable bonds is 6. The molecule has 0 bridgehead atoms. The molecule has 0 saturated heterocycles. The Labute approximate surface area is 134 Å².